The van der Waals surface area contributed by atoms with Crippen LogP contribution in [0.4, 0.5) is 0 Å². The van der Waals surface area contributed by atoms with Crippen molar-refractivity contribution in [3.8, 4) is 17.2 Å². The quantitative estimate of drug-likeness (QED) is 0.595. The topological polar surface area (TPSA) is 87.0 Å². The van der Waals surface area contributed by atoms with E-state index in [1.807, 2.05) is 0 Å². The van der Waals surface area contributed by atoms with Gasteiger partial charge in [-0.05, 0) is 28.1 Å². The second-order valence-electron chi connectivity index (χ2n) is 4.66. The van der Waals surface area contributed by atoms with Crippen LogP contribution in [-0.4, -0.2) is 43.2 Å². The normalized spacial score (nSPS) is 10.7. The van der Waals surface area contributed by atoms with Crippen molar-refractivity contribution in [1.82, 2.24) is 15.2 Å². The Morgan fingerprint density at radius 3 is 2.33 bits per heavy atom. The first-order chi connectivity index (χ1) is 11.5. The number of carbonyl (C=O) groups excluding carboxylic acids is 1. The first-order valence-corrected chi connectivity index (χ1v) is 7.62. The van der Waals surface area contributed by atoms with Gasteiger partial charge in [-0.3, -0.25) is 9.48 Å². The minimum absolute atomic E-state index is 0.250. The molecule has 0 aliphatic carbocycles. The Morgan fingerprint density at radius 2 is 1.88 bits per heavy atom. The number of benzene rings is 1. The van der Waals surface area contributed by atoms with Gasteiger partial charge in [-0.25, -0.2) is 5.43 Å². The lowest BCUT2D eigenvalue weighted by molar-refractivity contribution is 0.0948. The molecule has 0 fully saturated rings. The average Bonchev–Trinajstić information content (AvgIpc) is 2.92. The first-order valence-electron chi connectivity index (χ1n) is 6.82. The predicted octanol–water partition coefficient (Wildman–Crippen LogP) is 1.97. The molecule has 2 aromatic rings. The van der Waals surface area contributed by atoms with Gasteiger partial charge in [-0.1, -0.05) is 0 Å². The lowest BCUT2D eigenvalue weighted by Crippen LogP contribution is -2.19. The second kappa shape index (κ2) is 7.82. The SMILES string of the molecule is COc1cc(/C=N/NC(=O)c2nn(C)cc2Br)cc(OC)c1OC. The second-order valence-corrected chi connectivity index (χ2v) is 5.51. The van der Waals surface area contributed by atoms with E-state index in [0.717, 1.165) is 0 Å². The molecule has 0 spiro atoms. The molecule has 1 aromatic heterocycles. The van der Waals surface area contributed by atoms with Crippen LogP contribution in [0.2, 0.25) is 0 Å². The minimum atomic E-state index is -0.425. The van der Waals surface area contributed by atoms with Crippen molar-refractivity contribution in [2.45, 2.75) is 0 Å². The standard InChI is InChI=1S/C15H17BrN4O4/c1-20-8-10(16)13(19-20)15(21)18-17-7-9-5-11(22-2)14(24-4)12(6-9)23-3/h5-8H,1-4H3,(H,18,21)/b17-7+. The van der Waals surface area contributed by atoms with Crippen LogP contribution in [0.1, 0.15) is 16.1 Å². The van der Waals surface area contributed by atoms with Crippen molar-refractivity contribution in [2.24, 2.45) is 12.1 Å². The molecule has 8 nitrogen and oxygen atoms in total. The highest BCUT2D eigenvalue weighted by Gasteiger charge is 2.14. The number of aryl methyl sites for hydroxylation is 1. The number of hydrazone groups is 1. The van der Waals surface area contributed by atoms with Gasteiger partial charge in [0.1, 0.15) is 0 Å². The van der Waals surface area contributed by atoms with Crippen LogP contribution in [0, 0.1) is 0 Å². The Bertz CT molecular complexity index is 748. The Labute approximate surface area is 147 Å². The number of nitrogens with one attached hydrogen (secondary N) is 1. The highest BCUT2D eigenvalue weighted by atomic mass is 79.9. The van der Waals surface area contributed by atoms with Crippen LogP contribution < -0.4 is 19.6 Å². The molecular weight excluding hydrogens is 380 g/mol. The number of halogens is 1. The molecule has 0 bridgehead atoms. The van der Waals surface area contributed by atoms with E-state index in [1.54, 1.807) is 25.4 Å². The van der Waals surface area contributed by atoms with Gasteiger partial charge in [0.15, 0.2) is 17.2 Å². The number of aromatic nitrogens is 2. The maximum absolute atomic E-state index is 12.0. The molecule has 2 rings (SSSR count). The third-order valence-corrected chi connectivity index (χ3v) is 3.65. The van der Waals surface area contributed by atoms with E-state index in [-0.39, 0.29) is 5.69 Å². The van der Waals surface area contributed by atoms with Crippen LogP contribution in [0.5, 0.6) is 17.2 Å². The lowest BCUT2D eigenvalue weighted by Gasteiger charge is -2.12. The van der Waals surface area contributed by atoms with E-state index in [0.29, 0.717) is 27.3 Å². The number of hydrogen-bond donors (Lipinski definition) is 1. The van der Waals surface area contributed by atoms with Crippen LogP contribution >= 0.6 is 15.9 Å². The molecule has 1 N–H and O–H groups in total. The van der Waals surface area contributed by atoms with Crippen LogP contribution in [0.25, 0.3) is 0 Å². The number of methoxy groups -OCH3 is 3. The fraction of sp³-hybridized carbons (Fsp3) is 0.267. The summed E-state index contributed by atoms with van der Waals surface area (Å²) in [5.74, 6) is 1.05. The smallest absolute Gasteiger partial charge is 0.293 e. The average molecular weight is 397 g/mol. The van der Waals surface area contributed by atoms with Gasteiger partial charge in [0.2, 0.25) is 5.75 Å². The number of amides is 1. The molecule has 0 aliphatic heterocycles. The number of carbonyl (C=O) groups is 1. The van der Waals surface area contributed by atoms with Gasteiger partial charge >= 0.3 is 0 Å². The van der Waals surface area contributed by atoms with Gasteiger partial charge < -0.3 is 14.2 Å². The maximum Gasteiger partial charge on any atom is 0.293 e. The van der Waals surface area contributed by atoms with Crippen LogP contribution in [0.3, 0.4) is 0 Å². The fourth-order valence-electron chi connectivity index (χ4n) is 2.01. The summed E-state index contributed by atoms with van der Waals surface area (Å²) >= 11 is 3.27. The molecule has 1 aromatic carbocycles. The molecule has 0 saturated heterocycles. The van der Waals surface area contributed by atoms with Crippen molar-refractivity contribution >= 4 is 28.1 Å². The Balaban J connectivity index is 2.17. The largest absolute Gasteiger partial charge is 0.493 e. The van der Waals surface area contributed by atoms with Crippen LogP contribution in [-0.2, 0) is 7.05 Å². The molecule has 9 heteroatoms. The van der Waals surface area contributed by atoms with E-state index in [4.69, 9.17) is 14.2 Å². The van der Waals surface area contributed by atoms with E-state index in [9.17, 15) is 4.79 Å². The first kappa shape index (κ1) is 17.8. The zero-order valence-electron chi connectivity index (χ0n) is 13.7. The summed E-state index contributed by atoms with van der Waals surface area (Å²) in [6.07, 6.45) is 3.15. The summed E-state index contributed by atoms with van der Waals surface area (Å²) in [7, 11) is 6.30. The van der Waals surface area contributed by atoms with Crippen molar-refractivity contribution in [1.29, 1.82) is 0 Å². The molecular formula is C15H17BrN4O4. The molecule has 0 aliphatic rings. The summed E-state index contributed by atoms with van der Waals surface area (Å²) in [5.41, 5.74) is 3.34. The number of nitrogens with zero attached hydrogens (tertiary/aromatic N) is 3. The maximum atomic E-state index is 12.0. The van der Waals surface area contributed by atoms with E-state index in [1.165, 1.54) is 32.2 Å². The Morgan fingerprint density at radius 1 is 1.25 bits per heavy atom. The highest BCUT2D eigenvalue weighted by Crippen LogP contribution is 2.37. The molecule has 24 heavy (non-hydrogen) atoms. The van der Waals surface area contributed by atoms with Crippen LogP contribution in [0.15, 0.2) is 27.9 Å². The van der Waals surface area contributed by atoms with Gasteiger partial charge in [0, 0.05) is 18.8 Å². The number of ether oxygens (including phenoxy) is 3. The van der Waals surface area contributed by atoms with E-state index >= 15 is 0 Å². The molecule has 128 valence electrons. The van der Waals surface area contributed by atoms with Gasteiger partial charge in [-0.15, -0.1) is 0 Å². The fourth-order valence-corrected chi connectivity index (χ4v) is 2.56. The molecule has 1 heterocycles. The van der Waals surface area contributed by atoms with E-state index < -0.39 is 5.91 Å². The number of rotatable bonds is 6. The van der Waals surface area contributed by atoms with Crippen molar-refractivity contribution in [3.63, 3.8) is 0 Å². The van der Waals surface area contributed by atoms with Gasteiger partial charge in [0.05, 0.1) is 32.0 Å². The zero-order valence-corrected chi connectivity index (χ0v) is 15.2. The molecule has 0 atom stereocenters. The molecule has 0 unspecified atom stereocenters. The zero-order chi connectivity index (χ0) is 17.7. The van der Waals surface area contributed by atoms with Crippen molar-refractivity contribution < 1.29 is 19.0 Å². The molecule has 0 saturated carbocycles. The summed E-state index contributed by atoms with van der Waals surface area (Å²) in [4.78, 5) is 12.0. The monoisotopic (exact) mass is 396 g/mol. The number of hydrogen-bond acceptors (Lipinski definition) is 6. The van der Waals surface area contributed by atoms with E-state index in [2.05, 4.69) is 31.6 Å². The summed E-state index contributed by atoms with van der Waals surface area (Å²) in [5, 5.41) is 7.97. The molecule has 0 radical (unpaired) electrons. The predicted molar refractivity (Wildman–Crippen MR) is 92.1 cm³/mol. The molecule has 1 amide bonds. The third kappa shape index (κ3) is 3.85. The van der Waals surface area contributed by atoms with Gasteiger partial charge in [-0.2, -0.15) is 10.2 Å². The van der Waals surface area contributed by atoms with Crippen molar-refractivity contribution in [3.05, 3.63) is 34.1 Å². The lowest BCUT2D eigenvalue weighted by atomic mass is 10.2. The Hall–Kier alpha value is -2.55. The minimum Gasteiger partial charge on any atom is -0.493 e. The Kier molecular flexibility index (Phi) is 5.80. The van der Waals surface area contributed by atoms with Crippen molar-refractivity contribution in [2.75, 3.05) is 21.3 Å². The summed E-state index contributed by atoms with van der Waals surface area (Å²) in [6.45, 7) is 0. The summed E-state index contributed by atoms with van der Waals surface area (Å²) in [6, 6.07) is 3.43. The highest BCUT2D eigenvalue weighted by molar-refractivity contribution is 9.10. The van der Waals surface area contributed by atoms with Gasteiger partial charge in [0.25, 0.3) is 5.91 Å². The third-order valence-electron chi connectivity index (χ3n) is 3.07. The summed E-state index contributed by atoms with van der Waals surface area (Å²) < 4.78 is 17.9.